The Balaban J connectivity index is 1.84. The summed E-state index contributed by atoms with van der Waals surface area (Å²) in [6, 6.07) is 21.0. The summed E-state index contributed by atoms with van der Waals surface area (Å²) in [7, 11) is 3.21. The molecular formula is C22H18ClN3O2. The van der Waals surface area contributed by atoms with Crippen molar-refractivity contribution < 1.29 is 9.47 Å². The SMILES string of the molecule is COc1ccc(-c2nc(Nc3cccc(Cl)c3)c3ccccc3n2)cc1OC. The average molecular weight is 392 g/mol. The molecule has 140 valence electrons. The molecule has 0 unspecified atom stereocenters. The van der Waals surface area contributed by atoms with E-state index in [9.17, 15) is 0 Å². The molecule has 0 saturated heterocycles. The van der Waals surface area contributed by atoms with Crippen LogP contribution in [0.1, 0.15) is 0 Å². The number of aromatic nitrogens is 2. The lowest BCUT2D eigenvalue weighted by Crippen LogP contribution is -2.00. The molecule has 0 amide bonds. The molecule has 1 N–H and O–H groups in total. The van der Waals surface area contributed by atoms with E-state index in [1.54, 1.807) is 14.2 Å². The molecule has 6 heteroatoms. The Labute approximate surface area is 167 Å². The van der Waals surface area contributed by atoms with E-state index in [0.717, 1.165) is 22.2 Å². The van der Waals surface area contributed by atoms with Gasteiger partial charge in [0.25, 0.3) is 0 Å². The molecule has 0 fully saturated rings. The molecule has 1 heterocycles. The summed E-state index contributed by atoms with van der Waals surface area (Å²) in [6.45, 7) is 0. The van der Waals surface area contributed by atoms with E-state index in [4.69, 9.17) is 31.0 Å². The van der Waals surface area contributed by atoms with Gasteiger partial charge >= 0.3 is 0 Å². The van der Waals surface area contributed by atoms with Gasteiger partial charge in [0.1, 0.15) is 5.82 Å². The minimum absolute atomic E-state index is 0.587. The number of methoxy groups -OCH3 is 2. The van der Waals surface area contributed by atoms with Crippen LogP contribution in [0.3, 0.4) is 0 Å². The van der Waals surface area contributed by atoms with Gasteiger partial charge in [-0.1, -0.05) is 29.8 Å². The fourth-order valence-electron chi connectivity index (χ4n) is 2.98. The molecule has 0 radical (unpaired) electrons. The number of nitrogens with zero attached hydrogens (tertiary/aromatic N) is 2. The number of nitrogens with one attached hydrogen (secondary N) is 1. The van der Waals surface area contributed by atoms with E-state index in [1.807, 2.05) is 66.7 Å². The van der Waals surface area contributed by atoms with Crippen molar-refractivity contribution in [1.29, 1.82) is 0 Å². The molecule has 0 bridgehead atoms. The topological polar surface area (TPSA) is 56.3 Å². The summed E-state index contributed by atoms with van der Waals surface area (Å²) >= 11 is 6.12. The van der Waals surface area contributed by atoms with Crippen LogP contribution in [-0.4, -0.2) is 24.2 Å². The first-order valence-corrected chi connectivity index (χ1v) is 9.07. The number of hydrogen-bond donors (Lipinski definition) is 1. The summed E-state index contributed by atoms with van der Waals surface area (Å²) in [5.74, 6) is 2.58. The van der Waals surface area contributed by atoms with Gasteiger partial charge in [0.05, 0.1) is 19.7 Å². The summed E-state index contributed by atoms with van der Waals surface area (Å²) in [5, 5.41) is 4.94. The van der Waals surface area contributed by atoms with Gasteiger partial charge in [0.2, 0.25) is 0 Å². The van der Waals surface area contributed by atoms with Gasteiger partial charge in [-0.15, -0.1) is 0 Å². The van der Waals surface area contributed by atoms with Gasteiger partial charge < -0.3 is 14.8 Å². The molecule has 3 aromatic carbocycles. The van der Waals surface area contributed by atoms with Crippen molar-refractivity contribution in [3.63, 3.8) is 0 Å². The zero-order chi connectivity index (χ0) is 19.5. The Morgan fingerprint density at radius 2 is 1.64 bits per heavy atom. The van der Waals surface area contributed by atoms with Crippen molar-refractivity contribution in [3.8, 4) is 22.9 Å². The third kappa shape index (κ3) is 3.57. The van der Waals surface area contributed by atoms with Crippen LogP contribution in [0.4, 0.5) is 11.5 Å². The normalized spacial score (nSPS) is 10.7. The Morgan fingerprint density at radius 3 is 2.43 bits per heavy atom. The maximum Gasteiger partial charge on any atom is 0.162 e. The average Bonchev–Trinajstić information content (AvgIpc) is 2.73. The number of rotatable bonds is 5. The highest BCUT2D eigenvalue weighted by atomic mass is 35.5. The van der Waals surface area contributed by atoms with Crippen molar-refractivity contribution in [2.45, 2.75) is 0 Å². The third-order valence-corrected chi connectivity index (χ3v) is 4.57. The van der Waals surface area contributed by atoms with Crippen LogP contribution in [0.15, 0.2) is 66.7 Å². The van der Waals surface area contributed by atoms with E-state index in [2.05, 4.69) is 5.32 Å². The lowest BCUT2D eigenvalue weighted by molar-refractivity contribution is 0.355. The number of halogens is 1. The molecule has 0 aliphatic heterocycles. The number of hydrogen-bond acceptors (Lipinski definition) is 5. The first-order chi connectivity index (χ1) is 13.7. The molecule has 0 spiro atoms. The Bertz CT molecular complexity index is 1150. The van der Waals surface area contributed by atoms with E-state index < -0.39 is 0 Å². The van der Waals surface area contributed by atoms with Gasteiger partial charge in [-0.05, 0) is 48.5 Å². The zero-order valence-electron chi connectivity index (χ0n) is 15.4. The van der Waals surface area contributed by atoms with Crippen LogP contribution in [-0.2, 0) is 0 Å². The zero-order valence-corrected chi connectivity index (χ0v) is 16.2. The molecule has 4 rings (SSSR count). The lowest BCUT2D eigenvalue weighted by Gasteiger charge is -2.13. The second-order valence-corrected chi connectivity index (χ2v) is 6.55. The molecular weight excluding hydrogens is 374 g/mol. The van der Waals surface area contributed by atoms with Gasteiger partial charge in [-0.2, -0.15) is 0 Å². The molecule has 1 aromatic heterocycles. The maximum absolute atomic E-state index is 6.12. The van der Waals surface area contributed by atoms with Gasteiger partial charge in [0, 0.05) is 21.7 Å². The summed E-state index contributed by atoms with van der Waals surface area (Å²) in [5.41, 5.74) is 2.53. The standard InChI is InChI=1S/C22H18ClN3O2/c1-27-19-11-10-14(12-20(19)28-2)21-25-18-9-4-3-8-17(18)22(26-21)24-16-7-5-6-15(23)13-16/h3-13H,1-2H3,(H,24,25,26). The first-order valence-electron chi connectivity index (χ1n) is 8.69. The second-order valence-electron chi connectivity index (χ2n) is 6.12. The van der Waals surface area contributed by atoms with Gasteiger partial charge in [0.15, 0.2) is 17.3 Å². The summed E-state index contributed by atoms with van der Waals surface area (Å²) < 4.78 is 10.7. The second kappa shape index (κ2) is 7.74. The predicted molar refractivity (Wildman–Crippen MR) is 113 cm³/mol. The van der Waals surface area contributed by atoms with E-state index in [-0.39, 0.29) is 0 Å². The molecule has 0 atom stereocenters. The minimum Gasteiger partial charge on any atom is -0.493 e. The molecule has 4 aromatic rings. The molecule has 5 nitrogen and oxygen atoms in total. The number of anilines is 2. The van der Waals surface area contributed by atoms with E-state index in [0.29, 0.717) is 28.2 Å². The molecule has 0 saturated carbocycles. The highest BCUT2D eigenvalue weighted by Gasteiger charge is 2.12. The van der Waals surface area contributed by atoms with Crippen LogP contribution in [0.5, 0.6) is 11.5 Å². The molecule has 0 aliphatic carbocycles. The largest absolute Gasteiger partial charge is 0.493 e. The molecule has 28 heavy (non-hydrogen) atoms. The van der Waals surface area contributed by atoms with Crippen LogP contribution < -0.4 is 14.8 Å². The van der Waals surface area contributed by atoms with E-state index >= 15 is 0 Å². The van der Waals surface area contributed by atoms with Crippen molar-refractivity contribution in [2.75, 3.05) is 19.5 Å². The fourth-order valence-corrected chi connectivity index (χ4v) is 3.17. The number of para-hydroxylation sites is 1. The Kier molecular flexibility index (Phi) is 5.00. The maximum atomic E-state index is 6.12. The van der Waals surface area contributed by atoms with Crippen molar-refractivity contribution in [3.05, 3.63) is 71.8 Å². The van der Waals surface area contributed by atoms with Crippen LogP contribution >= 0.6 is 11.6 Å². The lowest BCUT2D eigenvalue weighted by atomic mass is 10.1. The highest BCUT2D eigenvalue weighted by Crippen LogP contribution is 2.33. The monoisotopic (exact) mass is 391 g/mol. The quantitative estimate of drug-likeness (QED) is 0.472. The van der Waals surface area contributed by atoms with Crippen LogP contribution in [0.25, 0.3) is 22.3 Å². The Hall–Kier alpha value is -3.31. The van der Waals surface area contributed by atoms with Crippen molar-refractivity contribution in [2.24, 2.45) is 0 Å². The first kappa shape index (κ1) is 18.1. The van der Waals surface area contributed by atoms with Crippen molar-refractivity contribution in [1.82, 2.24) is 9.97 Å². The van der Waals surface area contributed by atoms with Crippen LogP contribution in [0.2, 0.25) is 5.02 Å². The number of ether oxygens (including phenoxy) is 2. The number of benzene rings is 3. The van der Waals surface area contributed by atoms with Gasteiger partial charge in [-0.25, -0.2) is 9.97 Å². The smallest absolute Gasteiger partial charge is 0.162 e. The van der Waals surface area contributed by atoms with E-state index in [1.165, 1.54) is 0 Å². The molecule has 0 aliphatic rings. The minimum atomic E-state index is 0.587. The predicted octanol–water partition coefficient (Wildman–Crippen LogP) is 5.71. The fraction of sp³-hybridized carbons (Fsp3) is 0.0909. The summed E-state index contributed by atoms with van der Waals surface area (Å²) in [6.07, 6.45) is 0. The Morgan fingerprint density at radius 1 is 0.821 bits per heavy atom. The third-order valence-electron chi connectivity index (χ3n) is 4.33. The van der Waals surface area contributed by atoms with Crippen LogP contribution in [0, 0.1) is 0 Å². The summed E-state index contributed by atoms with van der Waals surface area (Å²) in [4.78, 5) is 9.49. The highest BCUT2D eigenvalue weighted by molar-refractivity contribution is 6.30. The van der Waals surface area contributed by atoms with Crippen molar-refractivity contribution >= 4 is 34.0 Å². The number of fused-ring (bicyclic) bond motifs is 1. The van der Waals surface area contributed by atoms with Gasteiger partial charge in [-0.3, -0.25) is 0 Å².